The molecular formula is C13H28O2Si. The summed E-state index contributed by atoms with van der Waals surface area (Å²) in [5, 5.41) is 0. The van der Waals surface area contributed by atoms with E-state index in [9.17, 15) is 4.79 Å². The second kappa shape index (κ2) is 8.94. The summed E-state index contributed by atoms with van der Waals surface area (Å²) in [5.41, 5.74) is 0. The number of rotatable bonds is 10. The zero-order chi connectivity index (χ0) is 12.4. The second-order valence-corrected chi connectivity index (χ2v) is 9.41. The van der Waals surface area contributed by atoms with Crippen LogP contribution in [0.4, 0.5) is 0 Å². The SMILES string of the molecule is CCCCCC(C=O)O[Si](C)(C)CCCC. The van der Waals surface area contributed by atoms with Crippen molar-refractivity contribution in [1.29, 1.82) is 0 Å². The Morgan fingerprint density at radius 3 is 2.25 bits per heavy atom. The molecule has 0 N–H and O–H groups in total. The van der Waals surface area contributed by atoms with E-state index in [0.29, 0.717) is 0 Å². The summed E-state index contributed by atoms with van der Waals surface area (Å²) in [6, 6.07) is 1.17. The molecule has 16 heavy (non-hydrogen) atoms. The molecule has 0 fully saturated rings. The van der Waals surface area contributed by atoms with E-state index in [1.165, 1.54) is 31.7 Å². The van der Waals surface area contributed by atoms with Gasteiger partial charge in [0, 0.05) is 0 Å². The largest absolute Gasteiger partial charge is 0.408 e. The summed E-state index contributed by atoms with van der Waals surface area (Å²) in [6.45, 7) is 8.82. The molecular weight excluding hydrogens is 216 g/mol. The molecule has 1 unspecified atom stereocenters. The molecule has 0 bridgehead atoms. The average molecular weight is 244 g/mol. The average Bonchev–Trinajstić information content (AvgIpc) is 2.25. The highest BCUT2D eigenvalue weighted by molar-refractivity contribution is 6.71. The molecule has 1 atom stereocenters. The minimum absolute atomic E-state index is 0.148. The lowest BCUT2D eigenvalue weighted by molar-refractivity contribution is -0.114. The van der Waals surface area contributed by atoms with Gasteiger partial charge in [-0.05, 0) is 25.6 Å². The summed E-state index contributed by atoms with van der Waals surface area (Å²) in [5.74, 6) is 0. The number of unbranched alkanes of at least 4 members (excludes halogenated alkanes) is 3. The van der Waals surface area contributed by atoms with Crippen LogP contribution in [0.2, 0.25) is 19.1 Å². The molecule has 0 aliphatic rings. The summed E-state index contributed by atoms with van der Waals surface area (Å²) >= 11 is 0. The Kier molecular flexibility index (Phi) is 8.85. The molecule has 96 valence electrons. The van der Waals surface area contributed by atoms with E-state index < -0.39 is 8.32 Å². The van der Waals surface area contributed by atoms with Gasteiger partial charge in [0.25, 0.3) is 0 Å². The minimum Gasteiger partial charge on any atom is -0.408 e. The first-order chi connectivity index (χ1) is 7.55. The predicted molar refractivity (Wildman–Crippen MR) is 72.3 cm³/mol. The van der Waals surface area contributed by atoms with Crippen molar-refractivity contribution in [2.24, 2.45) is 0 Å². The van der Waals surface area contributed by atoms with Gasteiger partial charge >= 0.3 is 0 Å². The zero-order valence-electron chi connectivity index (χ0n) is 11.4. The Balaban J connectivity index is 3.93. The van der Waals surface area contributed by atoms with Crippen LogP contribution in [0.3, 0.4) is 0 Å². The van der Waals surface area contributed by atoms with Crippen LogP contribution in [0, 0.1) is 0 Å². The van der Waals surface area contributed by atoms with Crippen LogP contribution in [0.15, 0.2) is 0 Å². The van der Waals surface area contributed by atoms with Crippen LogP contribution in [-0.2, 0) is 9.22 Å². The van der Waals surface area contributed by atoms with Crippen molar-refractivity contribution in [1.82, 2.24) is 0 Å². The van der Waals surface area contributed by atoms with E-state index in [1.54, 1.807) is 0 Å². The maximum absolute atomic E-state index is 10.9. The molecule has 0 radical (unpaired) electrons. The molecule has 0 aliphatic heterocycles. The van der Waals surface area contributed by atoms with Crippen LogP contribution in [-0.4, -0.2) is 20.7 Å². The van der Waals surface area contributed by atoms with Crippen molar-refractivity contribution < 1.29 is 9.22 Å². The molecule has 0 spiro atoms. The summed E-state index contributed by atoms with van der Waals surface area (Å²) < 4.78 is 6.01. The highest BCUT2D eigenvalue weighted by Gasteiger charge is 2.25. The first-order valence-corrected chi connectivity index (χ1v) is 9.80. The molecule has 0 aromatic rings. The van der Waals surface area contributed by atoms with Gasteiger partial charge in [0.2, 0.25) is 0 Å². The van der Waals surface area contributed by atoms with E-state index in [2.05, 4.69) is 26.9 Å². The molecule has 0 saturated heterocycles. The molecule has 0 aromatic carbocycles. The smallest absolute Gasteiger partial charge is 0.187 e. The van der Waals surface area contributed by atoms with Crippen LogP contribution in [0.5, 0.6) is 0 Å². The maximum Gasteiger partial charge on any atom is 0.187 e. The Hall–Kier alpha value is -0.153. The third-order valence-corrected chi connectivity index (χ3v) is 5.35. The van der Waals surface area contributed by atoms with Gasteiger partial charge in [-0.15, -0.1) is 0 Å². The van der Waals surface area contributed by atoms with Gasteiger partial charge in [0.1, 0.15) is 12.4 Å². The quantitative estimate of drug-likeness (QED) is 0.328. The van der Waals surface area contributed by atoms with E-state index in [0.717, 1.165) is 19.1 Å². The van der Waals surface area contributed by atoms with Crippen LogP contribution in [0.25, 0.3) is 0 Å². The van der Waals surface area contributed by atoms with Gasteiger partial charge in [-0.3, -0.25) is 0 Å². The van der Waals surface area contributed by atoms with Crippen molar-refractivity contribution in [3.8, 4) is 0 Å². The van der Waals surface area contributed by atoms with Crippen LogP contribution >= 0.6 is 0 Å². The lowest BCUT2D eigenvalue weighted by Crippen LogP contribution is -2.36. The van der Waals surface area contributed by atoms with E-state index in [-0.39, 0.29) is 6.10 Å². The zero-order valence-corrected chi connectivity index (χ0v) is 12.4. The number of hydrogen-bond acceptors (Lipinski definition) is 2. The van der Waals surface area contributed by atoms with Crippen molar-refractivity contribution in [3.63, 3.8) is 0 Å². The lowest BCUT2D eigenvalue weighted by atomic mass is 10.1. The van der Waals surface area contributed by atoms with Crippen molar-refractivity contribution in [2.45, 2.75) is 77.6 Å². The standard InChI is InChI=1S/C13H28O2Si/c1-5-7-9-10-13(12-14)15-16(3,4)11-8-6-2/h12-13H,5-11H2,1-4H3. The van der Waals surface area contributed by atoms with Gasteiger partial charge in [0.05, 0.1) is 0 Å². The predicted octanol–water partition coefficient (Wildman–Crippen LogP) is 4.16. The van der Waals surface area contributed by atoms with E-state index >= 15 is 0 Å². The Labute approximate surface area is 102 Å². The fraction of sp³-hybridized carbons (Fsp3) is 0.923. The first kappa shape index (κ1) is 15.8. The molecule has 0 amide bonds. The fourth-order valence-corrected chi connectivity index (χ4v) is 4.14. The topological polar surface area (TPSA) is 26.3 Å². The third kappa shape index (κ3) is 8.05. The monoisotopic (exact) mass is 244 g/mol. The van der Waals surface area contributed by atoms with Crippen molar-refractivity contribution in [3.05, 3.63) is 0 Å². The van der Waals surface area contributed by atoms with Crippen LogP contribution in [0.1, 0.15) is 52.4 Å². The molecule has 0 saturated carbocycles. The first-order valence-electron chi connectivity index (χ1n) is 6.68. The lowest BCUT2D eigenvalue weighted by Gasteiger charge is -2.26. The number of carbonyl (C=O) groups excluding carboxylic acids is 1. The highest BCUT2D eigenvalue weighted by atomic mass is 28.4. The van der Waals surface area contributed by atoms with Crippen LogP contribution < -0.4 is 0 Å². The van der Waals surface area contributed by atoms with Gasteiger partial charge in [0.15, 0.2) is 8.32 Å². The Morgan fingerprint density at radius 2 is 1.75 bits per heavy atom. The van der Waals surface area contributed by atoms with Gasteiger partial charge in [-0.25, -0.2) is 0 Å². The maximum atomic E-state index is 10.9. The number of aldehydes is 1. The summed E-state index contributed by atoms with van der Waals surface area (Å²) in [6.07, 6.45) is 7.69. The van der Waals surface area contributed by atoms with Gasteiger partial charge in [-0.1, -0.05) is 46.0 Å². The van der Waals surface area contributed by atoms with Gasteiger partial charge < -0.3 is 9.22 Å². The Bertz CT molecular complexity index is 181. The molecule has 0 aromatic heterocycles. The molecule has 2 nitrogen and oxygen atoms in total. The summed E-state index contributed by atoms with van der Waals surface area (Å²) in [4.78, 5) is 10.9. The minimum atomic E-state index is -1.60. The summed E-state index contributed by atoms with van der Waals surface area (Å²) in [7, 11) is -1.60. The molecule has 0 rings (SSSR count). The Morgan fingerprint density at radius 1 is 1.12 bits per heavy atom. The number of hydrogen-bond donors (Lipinski definition) is 0. The van der Waals surface area contributed by atoms with Gasteiger partial charge in [-0.2, -0.15) is 0 Å². The number of carbonyl (C=O) groups is 1. The molecule has 3 heteroatoms. The van der Waals surface area contributed by atoms with Crippen molar-refractivity contribution >= 4 is 14.6 Å². The van der Waals surface area contributed by atoms with Crippen molar-refractivity contribution in [2.75, 3.05) is 0 Å². The third-order valence-electron chi connectivity index (χ3n) is 2.85. The van der Waals surface area contributed by atoms with E-state index in [4.69, 9.17) is 4.43 Å². The molecule has 0 heterocycles. The fourth-order valence-electron chi connectivity index (χ4n) is 1.82. The highest BCUT2D eigenvalue weighted by Crippen LogP contribution is 2.18. The normalized spacial score (nSPS) is 13.8. The molecule has 0 aliphatic carbocycles. The van der Waals surface area contributed by atoms with E-state index in [1.807, 2.05) is 0 Å². The second-order valence-electron chi connectivity index (χ2n) is 5.15.